The van der Waals surface area contributed by atoms with Gasteiger partial charge in [0, 0.05) is 16.7 Å². The molecule has 4 nitrogen and oxygen atoms in total. The molecule has 1 aliphatic heterocycles. The molecule has 1 aliphatic rings. The van der Waals surface area contributed by atoms with E-state index >= 15 is 0 Å². The normalized spacial score (nSPS) is 18.7. The zero-order valence-corrected chi connectivity index (χ0v) is 12.2. The topological polar surface area (TPSA) is 56.1 Å². The third-order valence-corrected chi connectivity index (χ3v) is 3.78. The minimum Gasteiger partial charge on any atom is -0.359 e. The van der Waals surface area contributed by atoms with E-state index in [0.29, 0.717) is 0 Å². The van der Waals surface area contributed by atoms with Crippen LogP contribution in [0.4, 0.5) is 5.69 Å². The summed E-state index contributed by atoms with van der Waals surface area (Å²) in [5, 5.41) is 11.2. The van der Waals surface area contributed by atoms with Crippen molar-refractivity contribution in [3.05, 3.63) is 28.7 Å². The first-order valence-electron chi connectivity index (χ1n) is 6.39. The number of amides is 1. The van der Waals surface area contributed by atoms with Gasteiger partial charge in [0.15, 0.2) is 0 Å². The number of halogens is 1. The molecule has 19 heavy (non-hydrogen) atoms. The van der Waals surface area contributed by atoms with Crippen molar-refractivity contribution < 1.29 is 4.79 Å². The van der Waals surface area contributed by atoms with Crippen molar-refractivity contribution in [2.45, 2.75) is 25.3 Å². The predicted octanol–water partition coefficient (Wildman–Crippen LogP) is 2.45. The smallest absolute Gasteiger partial charge is 0.243 e. The maximum Gasteiger partial charge on any atom is 0.243 e. The molecule has 1 saturated heterocycles. The molecule has 5 heteroatoms. The van der Waals surface area contributed by atoms with Gasteiger partial charge >= 0.3 is 0 Å². The highest BCUT2D eigenvalue weighted by molar-refractivity contribution is 9.10. The molecular formula is C14H16BrN3O. The van der Waals surface area contributed by atoms with Crippen molar-refractivity contribution >= 4 is 27.5 Å². The molecule has 0 bridgehead atoms. The van der Waals surface area contributed by atoms with E-state index in [9.17, 15) is 4.79 Å². The van der Waals surface area contributed by atoms with Crippen LogP contribution in [0, 0.1) is 11.3 Å². The summed E-state index contributed by atoms with van der Waals surface area (Å²) in [7, 11) is 0. The number of piperidine rings is 1. The lowest BCUT2D eigenvalue weighted by molar-refractivity contribution is -0.122. The number of nitrogens with zero attached hydrogens (tertiary/aromatic N) is 2. The molecule has 100 valence electrons. The third kappa shape index (κ3) is 3.48. The van der Waals surface area contributed by atoms with Gasteiger partial charge in [-0.1, -0.05) is 22.0 Å². The highest BCUT2D eigenvalue weighted by Crippen LogP contribution is 2.27. The van der Waals surface area contributed by atoms with Crippen molar-refractivity contribution in [1.82, 2.24) is 5.32 Å². The lowest BCUT2D eigenvalue weighted by atomic mass is 10.0. The van der Waals surface area contributed by atoms with Crippen LogP contribution >= 0.6 is 15.9 Å². The van der Waals surface area contributed by atoms with Crippen molar-refractivity contribution in [3.63, 3.8) is 0 Å². The Hall–Kier alpha value is -1.54. The molecule has 0 aliphatic carbocycles. The van der Waals surface area contributed by atoms with Crippen LogP contribution < -0.4 is 10.2 Å². The first kappa shape index (κ1) is 13.9. The summed E-state index contributed by atoms with van der Waals surface area (Å²) in [4.78, 5) is 14.2. The minimum absolute atomic E-state index is 0.0544. The minimum atomic E-state index is -0.170. The van der Waals surface area contributed by atoms with Crippen LogP contribution in [0.1, 0.15) is 19.3 Å². The SMILES string of the molecule is N#CCNC(=O)C1CCCCN1c1cccc(Br)c1. The van der Waals surface area contributed by atoms with Gasteiger partial charge in [-0.3, -0.25) is 4.79 Å². The summed E-state index contributed by atoms with van der Waals surface area (Å²) in [5.74, 6) is -0.0544. The van der Waals surface area contributed by atoms with Gasteiger partial charge in [-0.15, -0.1) is 0 Å². The Kier molecular flexibility index (Phi) is 4.80. The summed E-state index contributed by atoms with van der Waals surface area (Å²) in [6, 6.07) is 9.75. The number of carbonyl (C=O) groups excluding carboxylic acids is 1. The van der Waals surface area contributed by atoms with Gasteiger partial charge in [0.25, 0.3) is 0 Å². The Balaban J connectivity index is 2.16. The average Bonchev–Trinajstić information content (AvgIpc) is 2.45. The second-order valence-electron chi connectivity index (χ2n) is 4.56. The van der Waals surface area contributed by atoms with Gasteiger partial charge in [-0.2, -0.15) is 5.26 Å². The summed E-state index contributed by atoms with van der Waals surface area (Å²) < 4.78 is 1.01. The van der Waals surface area contributed by atoms with Gasteiger partial charge < -0.3 is 10.2 Å². The van der Waals surface area contributed by atoms with Gasteiger partial charge in [-0.05, 0) is 37.5 Å². The molecule has 0 radical (unpaired) electrons. The number of hydrogen-bond donors (Lipinski definition) is 1. The quantitative estimate of drug-likeness (QED) is 0.870. The zero-order valence-electron chi connectivity index (χ0n) is 10.6. The molecule has 1 atom stereocenters. The van der Waals surface area contributed by atoms with E-state index in [1.54, 1.807) is 0 Å². The first-order valence-corrected chi connectivity index (χ1v) is 7.18. The van der Waals surface area contributed by atoms with Crippen molar-refractivity contribution in [3.8, 4) is 6.07 Å². The fourth-order valence-electron chi connectivity index (χ4n) is 2.41. The maximum absolute atomic E-state index is 12.1. The van der Waals surface area contributed by atoms with Crippen LogP contribution in [0.15, 0.2) is 28.7 Å². The second-order valence-corrected chi connectivity index (χ2v) is 5.48. The number of rotatable bonds is 3. The van der Waals surface area contributed by atoms with E-state index in [4.69, 9.17) is 5.26 Å². The maximum atomic E-state index is 12.1. The van der Waals surface area contributed by atoms with Crippen LogP contribution in [0.3, 0.4) is 0 Å². The van der Waals surface area contributed by atoms with Crippen LogP contribution in [-0.4, -0.2) is 25.0 Å². The van der Waals surface area contributed by atoms with Gasteiger partial charge in [0.1, 0.15) is 12.6 Å². The molecule has 1 fully saturated rings. The zero-order chi connectivity index (χ0) is 13.7. The second kappa shape index (κ2) is 6.58. The van der Waals surface area contributed by atoms with Crippen LogP contribution in [0.25, 0.3) is 0 Å². The van der Waals surface area contributed by atoms with E-state index in [1.165, 1.54) is 0 Å². The molecule has 0 saturated carbocycles. The molecule has 0 aromatic heterocycles. The van der Waals surface area contributed by atoms with Gasteiger partial charge in [0.05, 0.1) is 6.07 Å². The monoisotopic (exact) mass is 321 g/mol. The molecule has 1 aromatic carbocycles. The fraction of sp³-hybridized carbons (Fsp3) is 0.429. The Labute approximate surface area is 121 Å². The molecule has 1 N–H and O–H groups in total. The lowest BCUT2D eigenvalue weighted by Gasteiger charge is -2.36. The Morgan fingerprint density at radius 3 is 3.11 bits per heavy atom. The summed E-state index contributed by atoms with van der Waals surface area (Å²) in [6.45, 7) is 0.947. The van der Waals surface area contributed by atoms with Crippen LogP contribution in [0.2, 0.25) is 0 Å². The standard InChI is InChI=1S/C14H16BrN3O/c15-11-4-3-5-12(10-11)18-9-2-1-6-13(18)14(19)17-8-7-16/h3-5,10,13H,1-2,6,8-9H2,(H,17,19). The van der Waals surface area contributed by atoms with E-state index in [0.717, 1.165) is 36.0 Å². The average molecular weight is 322 g/mol. The number of benzene rings is 1. The molecule has 1 unspecified atom stereocenters. The number of nitrogens with one attached hydrogen (secondary N) is 1. The van der Waals surface area contributed by atoms with E-state index in [-0.39, 0.29) is 18.5 Å². The number of carbonyl (C=O) groups is 1. The largest absolute Gasteiger partial charge is 0.359 e. The third-order valence-electron chi connectivity index (χ3n) is 3.29. The Morgan fingerprint density at radius 2 is 2.37 bits per heavy atom. The van der Waals surface area contributed by atoms with Gasteiger partial charge in [-0.25, -0.2) is 0 Å². The molecule has 1 aromatic rings. The van der Waals surface area contributed by atoms with Crippen molar-refractivity contribution in [2.75, 3.05) is 18.0 Å². The van der Waals surface area contributed by atoms with E-state index in [2.05, 4.69) is 26.1 Å². The van der Waals surface area contributed by atoms with Gasteiger partial charge in [0.2, 0.25) is 5.91 Å². The van der Waals surface area contributed by atoms with E-state index in [1.807, 2.05) is 30.3 Å². The van der Waals surface area contributed by atoms with Crippen molar-refractivity contribution in [1.29, 1.82) is 5.26 Å². The van der Waals surface area contributed by atoms with Crippen LogP contribution in [-0.2, 0) is 4.79 Å². The molecular weight excluding hydrogens is 306 g/mol. The Bertz CT molecular complexity index is 498. The highest BCUT2D eigenvalue weighted by Gasteiger charge is 2.28. The molecule has 1 heterocycles. The number of nitriles is 1. The van der Waals surface area contributed by atoms with Crippen molar-refractivity contribution in [2.24, 2.45) is 0 Å². The first-order chi connectivity index (χ1) is 9.22. The number of anilines is 1. The van der Waals surface area contributed by atoms with E-state index < -0.39 is 0 Å². The highest BCUT2D eigenvalue weighted by atomic mass is 79.9. The summed E-state index contributed by atoms with van der Waals surface area (Å²) in [6.07, 6.45) is 2.98. The Morgan fingerprint density at radius 1 is 1.53 bits per heavy atom. The summed E-state index contributed by atoms with van der Waals surface area (Å²) in [5.41, 5.74) is 1.05. The molecule has 2 rings (SSSR count). The fourth-order valence-corrected chi connectivity index (χ4v) is 2.80. The molecule has 1 amide bonds. The predicted molar refractivity (Wildman–Crippen MR) is 77.7 cm³/mol. The summed E-state index contributed by atoms with van der Waals surface area (Å²) >= 11 is 3.46. The number of hydrogen-bond acceptors (Lipinski definition) is 3. The molecule has 0 spiro atoms. The van der Waals surface area contributed by atoms with Crippen LogP contribution in [0.5, 0.6) is 0 Å². The lowest BCUT2D eigenvalue weighted by Crippen LogP contribution is -2.49.